The molecule has 0 bridgehead atoms. The summed E-state index contributed by atoms with van der Waals surface area (Å²) in [5.41, 5.74) is 4.09. The van der Waals surface area contributed by atoms with Gasteiger partial charge < -0.3 is 14.6 Å². The van der Waals surface area contributed by atoms with Crippen molar-refractivity contribution in [3.8, 4) is 11.3 Å². The van der Waals surface area contributed by atoms with E-state index in [1.165, 1.54) is 18.8 Å². The monoisotopic (exact) mass is 516 g/mol. The molecule has 0 saturated carbocycles. The summed E-state index contributed by atoms with van der Waals surface area (Å²) in [5.74, 6) is 1.30. The maximum atomic E-state index is 12.5. The van der Waals surface area contributed by atoms with Crippen molar-refractivity contribution in [3.63, 3.8) is 0 Å². The van der Waals surface area contributed by atoms with E-state index >= 15 is 0 Å². The van der Waals surface area contributed by atoms with Gasteiger partial charge in [-0.15, -0.1) is 0 Å². The van der Waals surface area contributed by atoms with Gasteiger partial charge >= 0.3 is 12.1 Å². The fourth-order valence-corrected chi connectivity index (χ4v) is 4.24. The number of thioether (sulfide) groups is 1. The molecule has 0 radical (unpaired) electrons. The fraction of sp³-hybridized carbons (Fsp3) is 0.280. The Morgan fingerprint density at radius 3 is 2.51 bits per heavy atom. The molecule has 35 heavy (non-hydrogen) atoms. The standard InChI is InChI=1S/C24H25ClN2O4S.CO2/c1-16(21-5-3-4-6-22(21)25)31-23(29)13-20-14-30-27-24(20)19-9-7-18(8-10-19)15-32-12-11-26-17(2)28;2-1-3/h3-10,14,16H,11-13,15H2,1-2H3,(H,26,28);. The number of hydrogen-bond acceptors (Lipinski definition) is 8. The highest BCUT2D eigenvalue weighted by Crippen LogP contribution is 2.27. The smallest absolute Gasteiger partial charge is 0.373 e. The molecule has 8 nitrogen and oxygen atoms in total. The molecule has 0 aliphatic rings. The Morgan fingerprint density at radius 2 is 1.86 bits per heavy atom. The number of carbonyl (C=O) groups is 2. The zero-order chi connectivity index (χ0) is 25.6. The van der Waals surface area contributed by atoms with Crippen molar-refractivity contribution in [2.75, 3.05) is 12.3 Å². The quantitative estimate of drug-likeness (QED) is 0.306. The van der Waals surface area contributed by atoms with Gasteiger partial charge in [-0.1, -0.05) is 59.2 Å². The summed E-state index contributed by atoms with van der Waals surface area (Å²) in [7, 11) is 0. The minimum Gasteiger partial charge on any atom is -0.457 e. The fourth-order valence-electron chi connectivity index (χ4n) is 3.13. The molecule has 1 heterocycles. The Morgan fingerprint density at radius 1 is 1.17 bits per heavy atom. The predicted molar refractivity (Wildman–Crippen MR) is 131 cm³/mol. The van der Waals surface area contributed by atoms with E-state index in [2.05, 4.69) is 10.5 Å². The zero-order valence-electron chi connectivity index (χ0n) is 19.3. The van der Waals surface area contributed by atoms with E-state index < -0.39 is 6.10 Å². The van der Waals surface area contributed by atoms with Crippen molar-refractivity contribution in [1.82, 2.24) is 10.5 Å². The third-order valence-electron chi connectivity index (χ3n) is 4.75. The third kappa shape index (κ3) is 9.41. The van der Waals surface area contributed by atoms with Crippen LogP contribution in [-0.2, 0) is 36.1 Å². The molecule has 184 valence electrons. The van der Waals surface area contributed by atoms with Gasteiger partial charge in [0, 0.05) is 46.7 Å². The van der Waals surface area contributed by atoms with E-state index in [-0.39, 0.29) is 24.4 Å². The molecule has 1 unspecified atom stereocenters. The number of nitrogens with zero attached hydrogens (tertiary/aromatic N) is 1. The van der Waals surface area contributed by atoms with Crippen LogP contribution < -0.4 is 5.32 Å². The topological polar surface area (TPSA) is 116 Å². The number of halogens is 1. The van der Waals surface area contributed by atoms with Gasteiger partial charge in [-0.05, 0) is 18.6 Å². The van der Waals surface area contributed by atoms with Crippen LogP contribution in [0.3, 0.4) is 0 Å². The van der Waals surface area contributed by atoms with Crippen molar-refractivity contribution in [3.05, 3.63) is 76.5 Å². The van der Waals surface area contributed by atoms with Crippen LogP contribution in [-0.4, -0.2) is 35.5 Å². The number of benzene rings is 2. The van der Waals surface area contributed by atoms with Crippen molar-refractivity contribution in [2.24, 2.45) is 0 Å². The molecular formula is C25H25ClN2O6S. The molecule has 0 aliphatic carbocycles. The first-order valence-corrected chi connectivity index (χ1v) is 12.2. The first-order chi connectivity index (χ1) is 16.8. The average Bonchev–Trinajstić information content (AvgIpc) is 3.27. The largest absolute Gasteiger partial charge is 0.457 e. The summed E-state index contributed by atoms with van der Waals surface area (Å²) in [4.78, 5) is 39.6. The van der Waals surface area contributed by atoms with E-state index in [0.29, 0.717) is 22.8 Å². The van der Waals surface area contributed by atoms with Crippen LogP contribution in [0, 0.1) is 0 Å². The summed E-state index contributed by atoms with van der Waals surface area (Å²) in [6.45, 7) is 3.97. The zero-order valence-corrected chi connectivity index (χ0v) is 20.9. The summed E-state index contributed by atoms with van der Waals surface area (Å²) in [5, 5.41) is 7.42. The van der Waals surface area contributed by atoms with Crippen molar-refractivity contribution in [2.45, 2.75) is 32.1 Å². The number of amides is 1. The van der Waals surface area contributed by atoms with Crippen LogP contribution >= 0.6 is 23.4 Å². The van der Waals surface area contributed by atoms with Crippen LogP contribution in [0.4, 0.5) is 0 Å². The van der Waals surface area contributed by atoms with Gasteiger partial charge in [0.25, 0.3) is 0 Å². The number of hydrogen-bond donors (Lipinski definition) is 1. The molecule has 0 aliphatic heterocycles. The van der Waals surface area contributed by atoms with Gasteiger partial charge in [0.05, 0.1) is 6.42 Å². The predicted octanol–water partition coefficient (Wildman–Crippen LogP) is 4.63. The molecular weight excluding hydrogens is 492 g/mol. The number of ether oxygens (including phenoxy) is 1. The molecule has 10 heteroatoms. The summed E-state index contributed by atoms with van der Waals surface area (Å²) in [6.07, 6.45) is 1.32. The Kier molecular flexibility index (Phi) is 11.8. The van der Waals surface area contributed by atoms with Crippen LogP contribution in [0.5, 0.6) is 0 Å². The minimum absolute atomic E-state index is 0.0134. The maximum absolute atomic E-state index is 12.5. The van der Waals surface area contributed by atoms with E-state index in [0.717, 1.165) is 22.6 Å². The van der Waals surface area contributed by atoms with Crippen LogP contribution in [0.1, 0.15) is 36.6 Å². The Balaban J connectivity index is 0.00000137. The lowest BCUT2D eigenvalue weighted by atomic mass is 10.0. The first-order valence-electron chi connectivity index (χ1n) is 10.6. The molecule has 2 aromatic carbocycles. The Bertz CT molecular complexity index is 1140. The molecule has 1 aromatic heterocycles. The lowest BCUT2D eigenvalue weighted by Gasteiger charge is -2.14. The highest BCUT2D eigenvalue weighted by molar-refractivity contribution is 7.98. The molecule has 0 saturated heterocycles. The molecule has 3 rings (SSSR count). The maximum Gasteiger partial charge on any atom is 0.373 e. The highest BCUT2D eigenvalue weighted by atomic mass is 35.5. The second kappa shape index (κ2) is 14.8. The number of esters is 1. The van der Waals surface area contributed by atoms with Crippen molar-refractivity contribution < 1.29 is 28.4 Å². The Hall–Kier alpha value is -3.39. The van der Waals surface area contributed by atoms with Crippen LogP contribution in [0.25, 0.3) is 11.3 Å². The van der Waals surface area contributed by atoms with Gasteiger partial charge in [0.1, 0.15) is 18.1 Å². The second-order valence-electron chi connectivity index (χ2n) is 7.33. The molecule has 0 spiro atoms. The Labute approximate surface area is 212 Å². The molecule has 1 amide bonds. The van der Waals surface area contributed by atoms with Crippen LogP contribution in [0.15, 0.2) is 59.3 Å². The van der Waals surface area contributed by atoms with Crippen LogP contribution in [0.2, 0.25) is 5.02 Å². The average molecular weight is 517 g/mol. The molecule has 1 N–H and O–H groups in total. The summed E-state index contributed by atoms with van der Waals surface area (Å²) >= 11 is 7.94. The van der Waals surface area contributed by atoms with Gasteiger partial charge in [-0.2, -0.15) is 21.4 Å². The van der Waals surface area contributed by atoms with E-state index in [9.17, 15) is 9.59 Å². The van der Waals surface area contributed by atoms with Crippen molar-refractivity contribution in [1.29, 1.82) is 0 Å². The highest BCUT2D eigenvalue weighted by Gasteiger charge is 2.18. The molecule has 1 atom stereocenters. The minimum atomic E-state index is -0.457. The van der Waals surface area contributed by atoms with E-state index in [4.69, 9.17) is 30.4 Å². The van der Waals surface area contributed by atoms with Gasteiger partial charge in [0.15, 0.2) is 0 Å². The normalized spacial score (nSPS) is 10.9. The summed E-state index contributed by atoms with van der Waals surface area (Å²) in [6, 6.07) is 15.3. The number of carbonyl (C=O) groups excluding carboxylic acids is 4. The SMILES string of the molecule is CC(=O)NCCSCc1ccc(-c2nocc2CC(=O)OC(C)c2ccccc2Cl)cc1.O=C=O. The second-order valence-corrected chi connectivity index (χ2v) is 8.85. The molecule has 0 fully saturated rings. The number of nitrogens with one attached hydrogen (secondary N) is 1. The number of rotatable bonds is 10. The van der Waals surface area contributed by atoms with Gasteiger partial charge in [-0.3, -0.25) is 9.59 Å². The number of aromatic nitrogens is 1. The van der Waals surface area contributed by atoms with Gasteiger partial charge in [-0.25, -0.2) is 0 Å². The third-order valence-corrected chi connectivity index (χ3v) is 6.12. The lowest BCUT2D eigenvalue weighted by molar-refractivity contribution is -0.191. The molecule has 3 aromatic rings. The lowest BCUT2D eigenvalue weighted by Crippen LogP contribution is -2.22. The van der Waals surface area contributed by atoms with Crippen molar-refractivity contribution >= 4 is 41.4 Å². The van der Waals surface area contributed by atoms with E-state index in [1.807, 2.05) is 42.5 Å². The first kappa shape index (κ1) is 27.9. The van der Waals surface area contributed by atoms with E-state index in [1.54, 1.807) is 24.8 Å². The van der Waals surface area contributed by atoms with Gasteiger partial charge in [0.2, 0.25) is 5.91 Å². The summed E-state index contributed by atoms with van der Waals surface area (Å²) < 4.78 is 10.7.